The number of hydrogen-bond donors (Lipinski definition) is 1. The number of aromatic nitrogens is 1. The molecule has 1 aromatic heterocycles. The van der Waals surface area contributed by atoms with Crippen LogP contribution in [0.3, 0.4) is 0 Å². The van der Waals surface area contributed by atoms with Crippen molar-refractivity contribution < 1.29 is 19.4 Å². The van der Waals surface area contributed by atoms with Gasteiger partial charge in [-0.15, -0.1) is 0 Å². The highest BCUT2D eigenvalue weighted by Gasteiger charge is 2.27. The van der Waals surface area contributed by atoms with E-state index in [1.54, 1.807) is 11.1 Å². The minimum absolute atomic E-state index is 0.0295. The van der Waals surface area contributed by atoms with Gasteiger partial charge in [-0.3, -0.25) is 14.6 Å². The lowest BCUT2D eigenvalue weighted by Gasteiger charge is -2.30. The zero-order chi connectivity index (χ0) is 18.4. The van der Waals surface area contributed by atoms with Crippen LogP contribution in [0.25, 0.3) is 0 Å². The van der Waals surface area contributed by atoms with E-state index in [0.717, 1.165) is 23.4 Å². The minimum Gasteiger partial charge on any atom is -0.487 e. The van der Waals surface area contributed by atoms with Crippen LogP contribution in [-0.4, -0.2) is 40.0 Å². The molecule has 1 unspecified atom stereocenters. The van der Waals surface area contributed by atoms with E-state index in [1.165, 1.54) is 0 Å². The first kappa shape index (κ1) is 17.9. The molecule has 26 heavy (non-hydrogen) atoms. The molecule has 1 amide bonds. The third kappa shape index (κ3) is 4.81. The number of carbonyl (C=O) groups is 2. The van der Waals surface area contributed by atoms with Crippen molar-refractivity contribution in [3.63, 3.8) is 0 Å². The lowest BCUT2D eigenvalue weighted by Crippen LogP contribution is -2.42. The first-order chi connectivity index (χ1) is 12.6. The molecule has 0 radical (unpaired) electrons. The largest absolute Gasteiger partial charge is 0.487 e. The first-order valence-electron chi connectivity index (χ1n) is 8.74. The molecule has 136 valence electrons. The number of nitrogens with zero attached hydrogens (tertiary/aromatic N) is 2. The summed E-state index contributed by atoms with van der Waals surface area (Å²) >= 11 is 0. The second-order valence-corrected chi connectivity index (χ2v) is 6.45. The summed E-state index contributed by atoms with van der Waals surface area (Å²) in [5, 5.41) is 9.13. The number of aliphatic carboxylic acids is 1. The van der Waals surface area contributed by atoms with E-state index in [9.17, 15) is 9.59 Å². The molecule has 1 aliphatic rings. The van der Waals surface area contributed by atoms with Gasteiger partial charge in [-0.25, -0.2) is 0 Å². The molecule has 1 atom stereocenters. The van der Waals surface area contributed by atoms with Crippen molar-refractivity contribution in [2.75, 3.05) is 13.1 Å². The second kappa shape index (κ2) is 8.47. The van der Waals surface area contributed by atoms with Crippen molar-refractivity contribution in [2.45, 2.75) is 25.9 Å². The zero-order valence-corrected chi connectivity index (χ0v) is 14.5. The highest BCUT2D eigenvalue weighted by Crippen LogP contribution is 2.19. The van der Waals surface area contributed by atoms with Crippen molar-refractivity contribution in [3.05, 3.63) is 59.9 Å². The molecule has 1 N–H and O–H groups in total. The highest BCUT2D eigenvalue weighted by molar-refractivity contribution is 5.80. The summed E-state index contributed by atoms with van der Waals surface area (Å²) in [5.41, 5.74) is 1.74. The summed E-state index contributed by atoms with van der Waals surface area (Å²) in [5.74, 6) is -0.583. The van der Waals surface area contributed by atoms with Crippen LogP contribution >= 0.6 is 0 Å². The molecule has 0 spiro atoms. The Labute approximate surface area is 152 Å². The number of carboxylic acid groups (broad SMARTS) is 1. The number of benzene rings is 1. The van der Waals surface area contributed by atoms with Crippen LogP contribution in [0.2, 0.25) is 0 Å². The number of carbonyl (C=O) groups excluding carboxylic acids is 1. The monoisotopic (exact) mass is 354 g/mol. The minimum atomic E-state index is -0.822. The van der Waals surface area contributed by atoms with Crippen molar-refractivity contribution in [2.24, 2.45) is 5.92 Å². The van der Waals surface area contributed by atoms with Gasteiger partial charge in [-0.1, -0.05) is 18.2 Å². The maximum absolute atomic E-state index is 12.4. The molecule has 6 heteroatoms. The molecular weight excluding hydrogens is 332 g/mol. The van der Waals surface area contributed by atoms with Crippen LogP contribution < -0.4 is 4.74 Å². The number of piperidine rings is 1. The van der Waals surface area contributed by atoms with E-state index in [4.69, 9.17) is 9.84 Å². The van der Waals surface area contributed by atoms with Crippen LogP contribution in [0, 0.1) is 5.92 Å². The number of pyridine rings is 1. The van der Waals surface area contributed by atoms with Gasteiger partial charge < -0.3 is 14.7 Å². The maximum atomic E-state index is 12.4. The van der Waals surface area contributed by atoms with Gasteiger partial charge in [0.25, 0.3) is 0 Å². The van der Waals surface area contributed by atoms with Crippen LogP contribution in [0.15, 0.2) is 48.7 Å². The lowest BCUT2D eigenvalue weighted by atomic mass is 9.97. The molecule has 3 rings (SSSR count). The molecule has 0 saturated carbocycles. The molecule has 6 nitrogen and oxygen atoms in total. The second-order valence-electron chi connectivity index (χ2n) is 6.45. The summed E-state index contributed by atoms with van der Waals surface area (Å²) in [6, 6.07) is 13.1. The van der Waals surface area contributed by atoms with Gasteiger partial charge in [0, 0.05) is 19.3 Å². The Morgan fingerprint density at radius 2 is 2.00 bits per heavy atom. The summed E-state index contributed by atoms with van der Waals surface area (Å²) in [4.78, 5) is 29.4. The molecule has 1 aromatic carbocycles. The Hall–Kier alpha value is -2.89. The van der Waals surface area contributed by atoms with Crippen molar-refractivity contribution >= 4 is 11.9 Å². The predicted molar refractivity (Wildman–Crippen MR) is 95.7 cm³/mol. The van der Waals surface area contributed by atoms with Crippen LogP contribution in [0.4, 0.5) is 0 Å². The first-order valence-corrected chi connectivity index (χ1v) is 8.74. The maximum Gasteiger partial charge on any atom is 0.308 e. The van der Waals surface area contributed by atoms with Crippen LogP contribution in [-0.2, 0) is 22.6 Å². The number of amides is 1. The average molecular weight is 354 g/mol. The fourth-order valence-electron chi connectivity index (χ4n) is 3.04. The number of hydrogen-bond acceptors (Lipinski definition) is 4. The quantitative estimate of drug-likeness (QED) is 0.862. The SMILES string of the molecule is O=C(O)C1CCCN(C(=O)Cc2ccc(OCc3ccccn3)cc2)C1. The van der Waals surface area contributed by atoms with Gasteiger partial charge in [0.05, 0.1) is 18.0 Å². The molecule has 0 bridgehead atoms. The number of likely N-dealkylation sites (tertiary alicyclic amines) is 1. The average Bonchev–Trinajstić information content (AvgIpc) is 2.68. The van der Waals surface area contributed by atoms with Crippen LogP contribution in [0.5, 0.6) is 5.75 Å². The highest BCUT2D eigenvalue weighted by atomic mass is 16.5. The molecule has 1 saturated heterocycles. The number of ether oxygens (including phenoxy) is 1. The number of rotatable bonds is 6. The fourth-order valence-corrected chi connectivity index (χ4v) is 3.04. The van der Waals surface area contributed by atoms with Gasteiger partial charge in [-0.05, 0) is 42.7 Å². The lowest BCUT2D eigenvalue weighted by molar-refractivity contribution is -0.145. The zero-order valence-electron chi connectivity index (χ0n) is 14.5. The Bertz CT molecular complexity index is 746. The van der Waals surface area contributed by atoms with Crippen molar-refractivity contribution in [1.82, 2.24) is 9.88 Å². The third-order valence-corrected chi connectivity index (χ3v) is 4.51. The Kier molecular flexibility index (Phi) is 5.84. The molecule has 0 aliphatic carbocycles. The topological polar surface area (TPSA) is 79.7 Å². The van der Waals surface area contributed by atoms with E-state index in [1.807, 2.05) is 42.5 Å². The van der Waals surface area contributed by atoms with Gasteiger partial charge in [-0.2, -0.15) is 0 Å². The van der Waals surface area contributed by atoms with Gasteiger partial charge in [0.1, 0.15) is 12.4 Å². The van der Waals surface area contributed by atoms with E-state index in [0.29, 0.717) is 26.1 Å². The molecule has 2 aromatic rings. The predicted octanol–water partition coefficient (Wildman–Crippen LogP) is 2.53. The Morgan fingerprint density at radius 3 is 2.69 bits per heavy atom. The molecular formula is C20H22N2O4. The fraction of sp³-hybridized carbons (Fsp3) is 0.350. The molecule has 1 aliphatic heterocycles. The smallest absolute Gasteiger partial charge is 0.308 e. The molecule has 2 heterocycles. The van der Waals surface area contributed by atoms with Gasteiger partial charge >= 0.3 is 5.97 Å². The standard InChI is InChI=1S/C20H22N2O4/c23-19(22-11-3-4-16(13-22)20(24)25)12-15-6-8-18(9-7-15)26-14-17-5-1-2-10-21-17/h1-2,5-10,16H,3-4,11-14H2,(H,24,25). The number of carboxylic acids is 1. The normalized spacial score (nSPS) is 16.9. The molecule has 1 fully saturated rings. The van der Waals surface area contributed by atoms with Gasteiger partial charge in [0.15, 0.2) is 0 Å². The van der Waals surface area contributed by atoms with Gasteiger partial charge in [0.2, 0.25) is 5.91 Å². The summed E-state index contributed by atoms with van der Waals surface area (Å²) in [7, 11) is 0. The third-order valence-electron chi connectivity index (χ3n) is 4.51. The summed E-state index contributed by atoms with van der Waals surface area (Å²) < 4.78 is 5.69. The summed E-state index contributed by atoms with van der Waals surface area (Å²) in [6.07, 6.45) is 3.38. The Balaban J connectivity index is 1.52. The van der Waals surface area contributed by atoms with Crippen molar-refractivity contribution in [1.29, 1.82) is 0 Å². The van der Waals surface area contributed by atoms with E-state index >= 15 is 0 Å². The Morgan fingerprint density at radius 1 is 1.19 bits per heavy atom. The van der Waals surface area contributed by atoms with Crippen LogP contribution in [0.1, 0.15) is 24.1 Å². The summed E-state index contributed by atoms with van der Waals surface area (Å²) in [6.45, 7) is 1.33. The van der Waals surface area contributed by atoms with E-state index in [2.05, 4.69) is 4.98 Å². The van der Waals surface area contributed by atoms with E-state index in [-0.39, 0.29) is 12.3 Å². The van der Waals surface area contributed by atoms with E-state index < -0.39 is 11.9 Å². The van der Waals surface area contributed by atoms with Crippen molar-refractivity contribution in [3.8, 4) is 5.75 Å².